The molecule has 0 unspecified atom stereocenters. The van der Waals surface area contributed by atoms with Crippen LogP contribution in [0, 0.1) is 0 Å². The van der Waals surface area contributed by atoms with Crippen LogP contribution < -0.4 is 0 Å². The first-order valence-corrected chi connectivity index (χ1v) is 13.9. The van der Waals surface area contributed by atoms with Gasteiger partial charge in [-0.15, -0.1) is 0 Å². The second-order valence-electron chi connectivity index (χ2n) is 8.40. The van der Waals surface area contributed by atoms with Crippen molar-refractivity contribution in [3.8, 4) is 0 Å². The Morgan fingerprint density at radius 3 is 0.368 bits per heavy atom. The molecule has 0 aromatic rings. The molecule has 0 bridgehead atoms. The molecule has 0 saturated heterocycles. The van der Waals surface area contributed by atoms with E-state index in [4.69, 9.17) is 60.8 Å². The molecule has 0 aromatic heterocycles. The number of rotatable bonds is 21. The summed E-state index contributed by atoms with van der Waals surface area (Å²) >= 11 is 0. The third-order valence-electron chi connectivity index (χ3n) is 4.70. The largest absolute Gasteiger partial charge is 0.631 e. The van der Waals surface area contributed by atoms with Crippen LogP contribution in [0.15, 0.2) is 0 Å². The van der Waals surface area contributed by atoms with Crippen molar-refractivity contribution >= 4 is 14.6 Å². The van der Waals surface area contributed by atoms with Gasteiger partial charge in [-0.1, -0.05) is 77.0 Å². The smallest absolute Gasteiger partial charge is 0.402 e. The van der Waals surface area contributed by atoms with Crippen LogP contribution in [0.2, 0.25) is 0 Å². The minimum atomic E-state index is -2.17. The van der Waals surface area contributed by atoms with E-state index in [1.165, 1.54) is 38.5 Å². The van der Waals surface area contributed by atoms with E-state index in [0.29, 0.717) is 39.6 Å². The molecule has 0 rings (SSSR count). The highest BCUT2D eigenvalue weighted by Crippen LogP contribution is 2.05. The molecule has 0 radical (unpaired) electrons. The lowest BCUT2D eigenvalue weighted by Gasteiger charge is -1.97. The van der Waals surface area contributed by atoms with Gasteiger partial charge in [0.2, 0.25) is 0 Å². The van der Waals surface area contributed by atoms with E-state index in [1.54, 1.807) is 0 Å². The third kappa shape index (κ3) is 100. The van der Waals surface area contributed by atoms with Crippen LogP contribution in [0.4, 0.5) is 0 Å². The van der Waals surface area contributed by atoms with Gasteiger partial charge in [-0.3, -0.25) is 0 Å². The monoisotopic (exact) mass is 562 g/mol. The van der Waals surface area contributed by atoms with E-state index >= 15 is 0 Å². The molecule has 12 nitrogen and oxygen atoms in total. The van der Waals surface area contributed by atoms with Crippen molar-refractivity contribution in [2.45, 2.75) is 116 Å². The van der Waals surface area contributed by atoms with Crippen molar-refractivity contribution in [1.29, 1.82) is 0 Å². The number of hydrogen-bond acceptors (Lipinski definition) is 12. The summed E-state index contributed by atoms with van der Waals surface area (Å²) in [4.78, 5) is 0. The zero-order valence-electron chi connectivity index (χ0n) is 23.5. The molecule has 0 aliphatic carbocycles. The van der Waals surface area contributed by atoms with Gasteiger partial charge in [0.25, 0.3) is 0 Å². The SMILES string of the molecule is OB(O)O.OB(O)O.OCCCCCCCCO.OCCCCCCCCO.OCCCCCCCCO. The molecular weight excluding hydrogens is 502 g/mol. The van der Waals surface area contributed by atoms with Gasteiger partial charge in [-0.25, -0.2) is 0 Å². The summed E-state index contributed by atoms with van der Waals surface area (Å²) in [6.45, 7) is 1.92. The topological polar surface area (TPSA) is 243 Å². The van der Waals surface area contributed by atoms with Gasteiger partial charge in [-0.05, 0) is 38.5 Å². The lowest BCUT2D eigenvalue weighted by molar-refractivity contribution is 0.275. The van der Waals surface area contributed by atoms with Crippen LogP contribution in [0.5, 0.6) is 0 Å². The summed E-state index contributed by atoms with van der Waals surface area (Å²) in [6, 6.07) is 0. The predicted molar refractivity (Wildman–Crippen MR) is 150 cm³/mol. The molecule has 0 fully saturated rings. The molecule has 38 heavy (non-hydrogen) atoms. The van der Waals surface area contributed by atoms with Gasteiger partial charge in [0, 0.05) is 39.6 Å². The molecule has 0 aliphatic rings. The van der Waals surface area contributed by atoms with Gasteiger partial charge in [0.05, 0.1) is 0 Å². The second kappa shape index (κ2) is 53.0. The highest BCUT2D eigenvalue weighted by molar-refractivity contribution is 6.30. The highest BCUT2D eigenvalue weighted by Gasteiger charge is 1.93. The fraction of sp³-hybridized carbons (Fsp3) is 1.00. The molecule has 0 aliphatic heterocycles. The molecule has 0 spiro atoms. The van der Waals surface area contributed by atoms with E-state index in [2.05, 4.69) is 0 Å². The molecule has 0 atom stereocenters. The van der Waals surface area contributed by atoms with E-state index < -0.39 is 14.6 Å². The van der Waals surface area contributed by atoms with Crippen molar-refractivity contribution in [1.82, 2.24) is 0 Å². The fourth-order valence-electron chi connectivity index (χ4n) is 2.79. The minimum Gasteiger partial charge on any atom is -0.402 e. The Labute approximate surface area is 231 Å². The fourth-order valence-corrected chi connectivity index (χ4v) is 2.79. The maximum Gasteiger partial charge on any atom is 0.631 e. The summed E-state index contributed by atoms with van der Waals surface area (Å²) in [5.41, 5.74) is 0. The molecule has 14 heteroatoms. The van der Waals surface area contributed by atoms with Crippen molar-refractivity contribution in [2.24, 2.45) is 0 Å². The third-order valence-corrected chi connectivity index (χ3v) is 4.70. The van der Waals surface area contributed by atoms with Crippen LogP contribution in [-0.2, 0) is 0 Å². The van der Waals surface area contributed by atoms with Crippen molar-refractivity contribution < 1.29 is 60.8 Å². The van der Waals surface area contributed by atoms with Crippen LogP contribution in [-0.4, -0.2) is 115 Å². The van der Waals surface area contributed by atoms with E-state index in [9.17, 15) is 0 Å². The van der Waals surface area contributed by atoms with Crippen molar-refractivity contribution in [3.05, 3.63) is 0 Å². The summed E-state index contributed by atoms with van der Waals surface area (Å²) in [7, 11) is -4.33. The molecule has 0 heterocycles. The average Bonchev–Trinajstić information content (AvgIpc) is 2.86. The number of hydrogen-bond donors (Lipinski definition) is 12. The number of aliphatic hydroxyl groups excluding tert-OH is 6. The maximum atomic E-state index is 8.43. The first-order chi connectivity index (χ1) is 18.2. The lowest BCUT2D eigenvalue weighted by atomic mass is 10.1. The standard InChI is InChI=1S/3C8H18O2.2BH3O3/c3*9-7-5-3-1-2-4-6-8-10;2*2-1(3)4/h3*9-10H,1-8H2;2*2-4H. The predicted octanol–water partition coefficient (Wildman–Crippen LogP) is -0.169. The quantitative estimate of drug-likeness (QED) is 0.0645. The van der Waals surface area contributed by atoms with Crippen LogP contribution in [0.3, 0.4) is 0 Å². The lowest BCUT2D eigenvalue weighted by Crippen LogP contribution is -2.07. The Morgan fingerprint density at radius 1 is 0.211 bits per heavy atom. The molecular formula is C24H60B2O12. The summed E-state index contributed by atoms with van der Waals surface area (Å²) in [5, 5.41) is 93.6. The van der Waals surface area contributed by atoms with E-state index in [1.807, 2.05) is 0 Å². The number of unbranched alkanes of at least 4 members (excludes halogenated alkanes) is 15. The van der Waals surface area contributed by atoms with Crippen molar-refractivity contribution in [2.75, 3.05) is 39.6 Å². The Hall–Kier alpha value is -0.350. The molecule has 234 valence electrons. The summed E-state index contributed by atoms with van der Waals surface area (Å²) < 4.78 is 0. The van der Waals surface area contributed by atoms with Crippen LogP contribution >= 0.6 is 0 Å². The second-order valence-corrected chi connectivity index (χ2v) is 8.40. The maximum absolute atomic E-state index is 8.43. The molecule has 0 aromatic carbocycles. The van der Waals surface area contributed by atoms with Crippen LogP contribution in [0.1, 0.15) is 116 Å². The Balaban J connectivity index is -0.000000125. The van der Waals surface area contributed by atoms with Gasteiger partial charge < -0.3 is 60.8 Å². The zero-order chi connectivity index (χ0) is 30.1. The van der Waals surface area contributed by atoms with Gasteiger partial charge >= 0.3 is 14.6 Å². The molecule has 0 amide bonds. The first kappa shape index (κ1) is 47.4. The summed E-state index contributed by atoms with van der Waals surface area (Å²) in [6.07, 6.45) is 19.5. The van der Waals surface area contributed by atoms with Gasteiger partial charge in [0.15, 0.2) is 0 Å². The van der Waals surface area contributed by atoms with Gasteiger partial charge in [-0.2, -0.15) is 0 Å². The Kier molecular flexibility index (Phi) is 66.1. The van der Waals surface area contributed by atoms with Gasteiger partial charge in [0.1, 0.15) is 0 Å². The number of aliphatic hydroxyl groups is 6. The zero-order valence-corrected chi connectivity index (χ0v) is 23.5. The van der Waals surface area contributed by atoms with Crippen LogP contribution in [0.25, 0.3) is 0 Å². The Morgan fingerprint density at radius 2 is 0.289 bits per heavy atom. The minimum absolute atomic E-state index is 0.319. The normalized spacial score (nSPS) is 9.47. The van der Waals surface area contributed by atoms with E-state index in [-0.39, 0.29) is 0 Å². The average molecular weight is 562 g/mol. The first-order valence-electron chi connectivity index (χ1n) is 13.9. The molecule has 12 N–H and O–H groups in total. The van der Waals surface area contributed by atoms with E-state index in [0.717, 1.165) is 77.0 Å². The van der Waals surface area contributed by atoms with Crippen molar-refractivity contribution in [3.63, 3.8) is 0 Å². The summed E-state index contributed by atoms with van der Waals surface area (Å²) in [5.74, 6) is 0. The molecule has 0 saturated carbocycles. The highest BCUT2D eigenvalue weighted by atomic mass is 16.5. The Bertz CT molecular complexity index is 261.